The molecule has 2 aromatic carbocycles. The van der Waals surface area contributed by atoms with E-state index in [9.17, 15) is 4.79 Å². The van der Waals surface area contributed by atoms with Crippen LogP contribution in [0.1, 0.15) is 24.8 Å². The predicted molar refractivity (Wildman–Crippen MR) is 112 cm³/mol. The van der Waals surface area contributed by atoms with Crippen LogP contribution < -0.4 is 20.3 Å². The van der Waals surface area contributed by atoms with Crippen LogP contribution in [0.5, 0.6) is 5.75 Å². The average Bonchev–Trinajstić information content (AvgIpc) is 2.70. The van der Waals surface area contributed by atoms with Crippen LogP contribution in [0.3, 0.4) is 0 Å². The van der Waals surface area contributed by atoms with Gasteiger partial charge in [-0.25, -0.2) is 0 Å². The van der Waals surface area contributed by atoms with E-state index in [4.69, 9.17) is 16.3 Å². The van der Waals surface area contributed by atoms with E-state index in [-0.39, 0.29) is 12.5 Å². The van der Waals surface area contributed by atoms with E-state index in [1.54, 1.807) is 13.2 Å². The Bertz CT molecular complexity index is 804. The van der Waals surface area contributed by atoms with Crippen LogP contribution >= 0.6 is 11.6 Å². The first-order chi connectivity index (χ1) is 13.1. The molecule has 1 heterocycles. The highest BCUT2D eigenvalue weighted by Gasteiger charge is 2.15. The van der Waals surface area contributed by atoms with Crippen molar-refractivity contribution in [3.05, 3.63) is 47.0 Å². The summed E-state index contributed by atoms with van der Waals surface area (Å²) < 4.78 is 5.32. The molecule has 6 heteroatoms. The molecule has 27 heavy (non-hydrogen) atoms. The molecule has 1 aliphatic heterocycles. The Balaban J connectivity index is 1.66. The topological polar surface area (TPSA) is 53.6 Å². The van der Waals surface area contributed by atoms with Crippen LogP contribution in [0, 0.1) is 6.92 Å². The fraction of sp³-hybridized carbons (Fsp3) is 0.381. The first-order valence-corrected chi connectivity index (χ1v) is 9.68. The van der Waals surface area contributed by atoms with Gasteiger partial charge in [-0.15, -0.1) is 0 Å². The number of amides is 1. The number of methoxy groups -OCH3 is 1. The SMILES string of the molecule is COc1cc(Cl)c(C)cc1NC(=O)CNc1ccccc1N1CCCCC1. The highest BCUT2D eigenvalue weighted by Crippen LogP contribution is 2.31. The number of aryl methyl sites for hydroxylation is 1. The Hall–Kier alpha value is -2.40. The maximum atomic E-state index is 12.5. The van der Waals surface area contributed by atoms with Gasteiger partial charge in [0.05, 0.1) is 30.7 Å². The van der Waals surface area contributed by atoms with E-state index in [2.05, 4.69) is 21.6 Å². The zero-order valence-electron chi connectivity index (χ0n) is 15.8. The summed E-state index contributed by atoms with van der Waals surface area (Å²) in [5, 5.41) is 6.78. The highest BCUT2D eigenvalue weighted by atomic mass is 35.5. The number of nitrogens with one attached hydrogen (secondary N) is 2. The molecular weight excluding hydrogens is 362 g/mol. The van der Waals surface area contributed by atoms with Gasteiger partial charge >= 0.3 is 0 Å². The van der Waals surface area contributed by atoms with Gasteiger partial charge in [-0.2, -0.15) is 0 Å². The van der Waals surface area contributed by atoms with E-state index in [1.165, 1.54) is 19.3 Å². The van der Waals surface area contributed by atoms with Gasteiger partial charge in [0, 0.05) is 24.2 Å². The summed E-state index contributed by atoms with van der Waals surface area (Å²) in [6.45, 7) is 4.19. The normalized spacial score (nSPS) is 14.0. The largest absolute Gasteiger partial charge is 0.495 e. The third kappa shape index (κ3) is 4.86. The third-order valence-corrected chi connectivity index (χ3v) is 5.20. The molecule has 1 fully saturated rings. The number of halogens is 1. The summed E-state index contributed by atoms with van der Waals surface area (Å²) in [6, 6.07) is 11.7. The second-order valence-corrected chi connectivity index (χ2v) is 7.18. The fourth-order valence-corrected chi connectivity index (χ4v) is 3.49. The van der Waals surface area contributed by atoms with Crippen LogP contribution in [0.2, 0.25) is 5.02 Å². The standard InChI is InChI=1S/C21H26ClN3O2/c1-15-12-18(20(27-2)13-16(15)22)24-21(26)14-23-17-8-4-5-9-19(17)25-10-6-3-7-11-25/h4-5,8-9,12-13,23H,3,6-7,10-11,14H2,1-2H3,(H,24,26). The van der Waals surface area contributed by atoms with Gasteiger partial charge in [0.2, 0.25) is 5.91 Å². The molecule has 0 radical (unpaired) electrons. The summed E-state index contributed by atoms with van der Waals surface area (Å²) in [7, 11) is 1.56. The van der Waals surface area contributed by atoms with Gasteiger partial charge in [-0.1, -0.05) is 23.7 Å². The zero-order chi connectivity index (χ0) is 19.2. The summed E-state index contributed by atoms with van der Waals surface area (Å²) in [5.41, 5.74) is 3.64. The van der Waals surface area contributed by atoms with Crippen molar-refractivity contribution in [3.63, 3.8) is 0 Å². The molecule has 0 aromatic heterocycles. The Morgan fingerprint density at radius 3 is 2.63 bits per heavy atom. The van der Waals surface area contributed by atoms with E-state index in [0.717, 1.165) is 30.0 Å². The summed E-state index contributed by atoms with van der Waals surface area (Å²) in [6.07, 6.45) is 3.71. The van der Waals surface area contributed by atoms with E-state index < -0.39 is 0 Å². The van der Waals surface area contributed by atoms with Crippen molar-refractivity contribution in [2.45, 2.75) is 26.2 Å². The molecule has 144 valence electrons. The molecule has 0 atom stereocenters. The minimum atomic E-state index is -0.136. The molecule has 0 saturated carbocycles. The van der Waals surface area contributed by atoms with Crippen molar-refractivity contribution < 1.29 is 9.53 Å². The maximum Gasteiger partial charge on any atom is 0.243 e. The van der Waals surface area contributed by atoms with Crippen molar-refractivity contribution >= 4 is 34.6 Å². The number of benzene rings is 2. The average molecular weight is 388 g/mol. The Kier molecular flexibility index (Phi) is 6.45. The molecule has 3 rings (SSSR count). The third-order valence-electron chi connectivity index (χ3n) is 4.80. The smallest absolute Gasteiger partial charge is 0.243 e. The molecule has 0 spiro atoms. The lowest BCUT2D eigenvalue weighted by Gasteiger charge is -2.30. The lowest BCUT2D eigenvalue weighted by atomic mass is 10.1. The van der Waals surface area contributed by atoms with Crippen molar-refractivity contribution in [1.82, 2.24) is 0 Å². The molecule has 2 aromatic rings. The molecule has 1 amide bonds. The van der Waals surface area contributed by atoms with Crippen LogP contribution in [0.4, 0.5) is 17.1 Å². The van der Waals surface area contributed by atoms with E-state index in [0.29, 0.717) is 16.5 Å². The molecule has 0 bridgehead atoms. The van der Waals surface area contributed by atoms with Crippen molar-refractivity contribution in [3.8, 4) is 5.75 Å². The molecule has 2 N–H and O–H groups in total. The number of carbonyl (C=O) groups is 1. The number of piperidine rings is 1. The number of rotatable bonds is 6. The number of hydrogen-bond donors (Lipinski definition) is 2. The molecule has 0 unspecified atom stereocenters. The second kappa shape index (κ2) is 9.00. The van der Waals surface area contributed by atoms with E-state index >= 15 is 0 Å². The van der Waals surface area contributed by atoms with Crippen molar-refractivity contribution in [2.24, 2.45) is 0 Å². The molecule has 0 aliphatic carbocycles. The number of anilines is 3. The van der Waals surface area contributed by atoms with Gasteiger partial charge in [-0.3, -0.25) is 4.79 Å². The van der Waals surface area contributed by atoms with Gasteiger partial charge in [0.15, 0.2) is 0 Å². The maximum absolute atomic E-state index is 12.5. The first-order valence-electron chi connectivity index (χ1n) is 9.30. The molecular formula is C21H26ClN3O2. The van der Waals surface area contributed by atoms with Crippen LogP contribution in [-0.4, -0.2) is 32.7 Å². The Labute approximate surface area is 165 Å². The second-order valence-electron chi connectivity index (χ2n) is 6.77. The van der Waals surface area contributed by atoms with Crippen molar-refractivity contribution in [2.75, 3.05) is 42.3 Å². The minimum absolute atomic E-state index is 0.136. The van der Waals surface area contributed by atoms with Crippen LogP contribution in [0.25, 0.3) is 0 Å². The van der Waals surface area contributed by atoms with Gasteiger partial charge in [0.25, 0.3) is 0 Å². The monoisotopic (exact) mass is 387 g/mol. The zero-order valence-corrected chi connectivity index (χ0v) is 16.6. The van der Waals surface area contributed by atoms with Crippen LogP contribution in [0.15, 0.2) is 36.4 Å². The molecule has 5 nitrogen and oxygen atoms in total. The highest BCUT2D eigenvalue weighted by molar-refractivity contribution is 6.31. The lowest BCUT2D eigenvalue weighted by Crippen LogP contribution is -2.30. The summed E-state index contributed by atoms with van der Waals surface area (Å²) >= 11 is 6.12. The Morgan fingerprint density at radius 2 is 1.89 bits per heavy atom. The van der Waals surface area contributed by atoms with Crippen molar-refractivity contribution in [1.29, 1.82) is 0 Å². The predicted octanol–water partition coefficient (Wildman–Crippen LogP) is 4.70. The van der Waals surface area contributed by atoms with Gasteiger partial charge in [-0.05, 0) is 49.9 Å². The number of para-hydroxylation sites is 2. The minimum Gasteiger partial charge on any atom is -0.495 e. The summed E-state index contributed by atoms with van der Waals surface area (Å²) in [4.78, 5) is 14.8. The van der Waals surface area contributed by atoms with E-state index in [1.807, 2.05) is 31.2 Å². The number of nitrogens with zero attached hydrogens (tertiary/aromatic N) is 1. The van der Waals surface area contributed by atoms with Gasteiger partial charge in [0.1, 0.15) is 5.75 Å². The summed E-state index contributed by atoms with van der Waals surface area (Å²) in [5.74, 6) is 0.413. The number of carbonyl (C=O) groups excluding carboxylic acids is 1. The van der Waals surface area contributed by atoms with Crippen LogP contribution in [-0.2, 0) is 4.79 Å². The molecule has 1 saturated heterocycles. The van der Waals surface area contributed by atoms with Gasteiger partial charge < -0.3 is 20.3 Å². The lowest BCUT2D eigenvalue weighted by molar-refractivity contribution is -0.114. The first kappa shape index (κ1) is 19.4. The fourth-order valence-electron chi connectivity index (χ4n) is 3.33. The Morgan fingerprint density at radius 1 is 1.15 bits per heavy atom. The number of ether oxygens (including phenoxy) is 1. The molecule has 1 aliphatic rings. The quantitative estimate of drug-likeness (QED) is 0.754. The number of hydrogen-bond acceptors (Lipinski definition) is 4.